The minimum Gasteiger partial charge on any atom is -0.484 e. The number of ether oxygens (including phenoxy) is 2. The van der Waals surface area contributed by atoms with Crippen molar-refractivity contribution in [3.63, 3.8) is 0 Å². The zero-order valence-electron chi connectivity index (χ0n) is 6.75. The molecule has 3 heteroatoms. The minimum absolute atomic E-state index is 0.219. The Morgan fingerprint density at radius 1 is 1.33 bits per heavy atom. The van der Waals surface area contributed by atoms with Crippen molar-refractivity contribution in [1.29, 1.82) is 0 Å². The largest absolute Gasteiger partial charge is 0.484 e. The Hall–Kier alpha value is -0.470. The molecule has 1 aliphatic carbocycles. The maximum atomic E-state index is 5.93. The average Bonchev–Trinajstić information content (AvgIpc) is 2.00. The van der Waals surface area contributed by atoms with E-state index in [4.69, 9.17) is 21.1 Å². The third-order valence-corrected chi connectivity index (χ3v) is 2.30. The van der Waals surface area contributed by atoms with Gasteiger partial charge in [-0.25, -0.2) is 0 Å². The zero-order valence-corrected chi connectivity index (χ0v) is 7.51. The minimum atomic E-state index is 0.219. The highest BCUT2D eigenvalue weighted by molar-refractivity contribution is 6.31. The van der Waals surface area contributed by atoms with Gasteiger partial charge in [-0.15, -0.1) is 0 Å². The molecule has 2 nitrogen and oxygen atoms in total. The number of halogens is 1. The van der Waals surface area contributed by atoms with E-state index >= 15 is 0 Å². The number of hydrogen-bond donors (Lipinski definition) is 0. The van der Waals surface area contributed by atoms with Gasteiger partial charge in [-0.05, 0) is 18.9 Å². The molecular weight excluding hydrogens is 176 g/mol. The topological polar surface area (TPSA) is 18.5 Å². The first kappa shape index (κ1) is 8.14. The van der Waals surface area contributed by atoms with Crippen LogP contribution in [0.1, 0.15) is 12.8 Å². The van der Waals surface area contributed by atoms with Crippen LogP contribution >= 0.6 is 11.6 Å². The Labute approximate surface area is 76.8 Å². The molecule has 0 saturated carbocycles. The van der Waals surface area contributed by atoms with E-state index in [1.54, 1.807) is 0 Å². The van der Waals surface area contributed by atoms with Gasteiger partial charge in [0.05, 0.1) is 18.2 Å². The van der Waals surface area contributed by atoms with Crippen molar-refractivity contribution in [2.75, 3.05) is 13.2 Å². The Balaban J connectivity index is 1.93. The van der Waals surface area contributed by atoms with Crippen LogP contribution in [0.2, 0.25) is 0 Å². The van der Waals surface area contributed by atoms with Crippen LogP contribution in [0.4, 0.5) is 0 Å². The summed E-state index contributed by atoms with van der Waals surface area (Å²) in [7, 11) is 0. The normalized spacial score (nSPS) is 24.1. The molecular formula is C9H11ClO2. The van der Waals surface area contributed by atoms with E-state index in [2.05, 4.69) is 0 Å². The van der Waals surface area contributed by atoms with Crippen LogP contribution < -0.4 is 0 Å². The van der Waals surface area contributed by atoms with Gasteiger partial charge < -0.3 is 9.47 Å². The number of hydrogen-bond acceptors (Lipinski definition) is 2. The molecule has 66 valence electrons. The maximum Gasteiger partial charge on any atom is 0.145 e. The third-order valence-electron chi connectivity index (χ3n) is 1.96. The van der Waals surface area contributed by atoms with Crippen LogP contribution in [0, 0.1) is 0 Å². The summed E-state index contributed by atoms with van der Waals surface area (Å²) in [4.78, 5) is 0. The van der Waals surface area contributed by atoms with Gasteiger partial charge in [-0.2, -0.15) is 0 Å². The van der Waals surface area contributed by atoms with Gasteiger partial charge in [0.15, 0.2) is 0 Å². The highest BCUT2D eigenvalue weighted by Gasteiger charge is 2.22. The summed E-state index contributed by atoms with van der Waals surface area (Å²) in [5.74, 6) is 0.830. The summed E-state index contributed by atoms with van der Waals surface area (Å²) in [6, 6.07) is 0. The van der Waals surface area contributed by atoms with Crippen LogP contribution in [0.5, 0.6) is 0 Å². The van der Waals surface area contributed by atoms with Gasteiger partial charge in [0.1, 0.15) is 11.9 Å². The summed E-state index contributed by atoms with van der Waals surface area (Å²) in [6.45, 7) is 1.39. The Morgan fingerprint density at radius 2 is 2.08 bits per heavy atom. The van der Waals surface area contributed by atoms with E-state index in [9.17, 15) is 0 Å². The van der Waals surface area contributed by atoms with Gasteiger partial charge in [0.25, 0.3) is 0 Å². The fourth-order valence-corrected chi connectivity index (χ4v) is 1.42. The maximum absolute atomic E-state index is 5.93. The zero-order chi connectivity index (χ0) is 8.39. The predicted molar refractivity (Wildman–Crippen MR) is 46.9 cm³/mol. The molecule has 0 aromatic carbocycles. The number of allylic oxidation sites excluding steroid dienone is 3. The molecule has 0 radical (unpaired) electrons. The molecule has 2 aliphatic rings. The Kier molecular flexibility index (Phi) is 2.38. The number of rotatable bonds is 2. The molecule has 1 fully saturated rings. The van der Waals surface area contributed by atoms with Crippen LogP contribution in [-0.4, -0.2) is 19.3 Å². The second kappa shape index (κ2) is 3.50. The molecule has 0 bridgehead atoms. The molecule has 12 heavy (non-hydrogen) atoms. The second-order valence-corrected chi connectivity index (χ2v) is 3.38. The van der Waals surface area contributed by atoms with Crippen molar-refractivity contribution in [3.05, 3.63) is 22.9 Å². The van der Waals surface area contributed by atoms with Crippen LogP contribution in [0.15, 0.2) is 22.9 Å². The van der Waals surface area contributed by atoms with Crippen LogP contribution in [-0.2, 0) is 9.47 Å². The summed E-state index contributed by atoms with van der Waals surface area (Å²) in [5.41, 5.74) is 0. The molecule has 1 saturated heterocycles. The smallest absolute Gasteiger partial charge is 0.145 e. The summed E-state index contributed by atoms with van der Waals surface area (Å²) < 4.78 is 10.6. The lowest BCUT2D eigenvalue weighted by molar-refractivity contribution is -0.106. The van der Waals surface area contributed by atoms with E-state index in [0.29, 0.717) is 13.2 Å². The van der Waals surface area contributed by atoms with Gasteiger partial charge >= 0.3 is 0 Å². The van der Waals surface area contributed by atoms with Gasteiger partial charge in [0, 0.05) is 0 Å². The molecule has 0 spiro atoms. The van der Waals surface area contributed by atoms with Crippen LogP contribution in [0.3, 0.4) is 0 Å². The molecule has 1 aliphatic heterocycles. The van der Waals surface area contributed by atoms with E-state index in [1.165, 1.54) is 0 Å². The average molecular weight is 187 g/mol. The van der Waals surface area contributed by atoms with Crippen LogP contribution in [0.25, 0.3) is 0 Å². The molecule has 1 heterocycles. The standard InChI is InChI=1S/C9H11ClO2/c10-8-3-1-2-4-9(8)12-7-5-11-6-7/h3-4,7H,1-2,5-6H2. The van der Waals surface area contributed by atoms with Gasteiger partial charge in [-0.1, -0.05) is 17.7 Å². The summed E-state index contributed by atoms with van der Waals surface area (Å²) in [6.07, 6.45) is 6.31. The molecule has 0 aromatic heterocycles. The lowest BCUT2D eigenvalue weighted by Gasteiger charge is -2.28. The van der Waals surface area contributed by atoms with Crippen molar-refractivity contribution in [2.24, 2.45) is 0 Å². The molecule has 0 amide bonds. The first-order valence-electron chi connectivity index (χ1n) is 4.17. The quantitative estimate of drug-likeness (QED) is 0.659. The second-order valence-electron chi connectivity index (χ2n) is 2.98. The molecule has 0 N–H and O–H groups in total. The van der Waals surface area contributed by atoms with Crippen molar-refractivity contribution in [1.82, 2.24) is 0 Å². The SMILES string of the molecule is ClC1=CCCC=C1OC1COC1. The monoisotopic (exact) mass is 186 g/mol. The molecule has 0 aromatic rings. The molecule has 0 atom stereocenters. The summed E-state index contributed by atoms with van der Waals surface area (Å²) in [5, 5.41) is 0.744. The molecule has 2 rings (SSSR count). The summed E-state index contributed by atoms with van der Waals surface area (Å²) >= 11 is 5.93. The lowest BCUT2D eigenvalue weighted by Crippen LogP contribution is -2.35. The van der Waals surface area contributed by atoms with E-state index in [1.807, 2.05) is 12.2 Å². The van der Waals surface area contributed by atoms with E-state index < -0.39 is 0 Å². The fourth-order valence-electron chi connectivity index (χ4n) is 1.19. The predicted octanol–water partition coefficient (Wildman–Crippen LogP) is 2.20. The van der Waals surface area contributed by atoms with Gasteiger partial charge in [-0.3, -0.25) is 0 Å². The van der Waals surface area contributed by atoms with Gasteiger partial charge in [0.2, 0.25) is 0 Å². The van der Waals surface area contributed by atoms with E-state index in [0.717, 1.165) is 23.6 Å². The third kappa shape index (κ3) is 1.65. The van der Waals surface area contributed by atoms with Crippen molar-refractivity contribution in [2.45, 2.75) is 18.9 Å². The van der Waals surface area contributed by atoms with E-state index in [-0.39, 0.29) is 6.10 Å². The van der Waals surface area contributed by atoms with Crippen molar-refractivity contribution in [3.8, 4) is 0 Å². The first-order chi connectivity index (χ1) is 5.86. The lowest BCUT2D eigenvalue weighted by atomic mass is 10.2. The Morgan fingerprint density at radius 3 is 2.67 bits per heavy atom. The highest BCUT2D eigenvalue weighted by atomic mass is 35.5. The first-order valence-corrected chi connectivity index (χ1v) is 4.54. The highest BCUT2D eigenvalue weighted by Crippen LogP contribution is 2.25. The fraction of sp³-hybridized carbons (Fsp3) is 0.556. The van der Waals surface area contributed by atoms with Crippen molar-refractivity contribution < 1.29 is 9.47 Å². The molecule has 0 unspecified atom stereocenters. The van der Waals surface area contributed by atoms with Crippen molar-refractivity contribution >= 4 is 11.6 Å². The Bertz CT molecular complexity index is 229.